The molecule has 0 saturated carbocycles. The number of carbonyl (C=O) groups is 2. The number of hydrogen-bond acceptors (Lipinski definition) is 2. The second kappa shape index (κ2) is 5.87. The molecule has 1 aromatic rings. The summed E-state index contributed by atoms with van der Waals surface area (Å²) in [4.78, 5) is 23.5. The van der Waals surface area contributed by atoms with Crippen molar-refractivity contribution >= 4 is 11.9 Å². The number of aryl methyl sites for hydroxylation is 2. The average Bonchev–Trinajstić information content (AvgIpc) is 2.27. The Bertz CT molecular complexity index is 476. The van der Waals surface area contributed by atoms with Crippen molar-refractivity contribution in [3.05, 3.63) is 34.9 Å². The summed E-state index contributed by atoms with van der Waals surface area (Å²) in [5, 5.41) is 11.9. The molecule has 2 N–H and O–H groups in total. The van der Waals surface area contributed by atoms with Gasteiger partial charge in [0.25, 0.3) is 5.91 Å². The lowest BCUT2D eigenvalue weighted by atomic mass is 9.95. The van der Waals surface area contributed by atoms with Crippen LogP contribution in [-0.4, -0.2) is 22.5 Å². The fraction of sp³-hybridized carbons (Fsp3) is 0.467. The zero-order chi connectivity index (χ0) is 14.6. The van der Waals surface area contributed by atoms with Crippen LogP contribution in [0.15, 0.2) is 18.2 Å². The van der Waals surface area contributed by atoms with E-state index in [4.69, 9.17) is 0 Å². The molecule has 104 valence electrons. The van der Waals surface area contributed by atoms with E-state index in [1.165, 1.54) is 0 Å². The van der Waals surface area contributed by atoms with Gasteiger partial charge in [-0.15, -0.1) is 0 Å². The molecule has 0 spiro atoms. The molecular formula is C15H21NO3. The number of carboxylic acids is 1. The van der Waals surface area contributed by atoms with E-state index in [0.717, 1.165) is 11.1 Å². The normalized spacial score (nSPS) is 13.7. The summed E-state index contributed by atoms with van der Waals surface area (Å²) < 4.78 is 0. The molecule has 4 heteroatoms. The Hall–Kier alpha value is -1.84. The molecule has 1 unspecified atom stereocenters. The Morgan fingerprint density at radius 1 is 1.21 bits per heavy atom. The quantitative estimate of drug-likeness (QED) is 0.858. The molecule has 0 saturated heterocycles. The van der Waals surface area contributed by atoms with Gasteiger partial charge in [-0.25, -0.2) is 4.79 Å². The summed E-state index contributed by atoms with van der Waals surface area (Å²) in [6, 6.07) is 5.49. The standard InChI is InChI=1S/C15H21NO3/c1-5-6-15(4,14(18)19)16-13(17)12-8-10(2)7-11(3)9-12/h7-9H,5-6H2,1-4H3,(H,16,17)(H,18,19). The third-order valence-electron chi connectivity index (χ3n) is 3.10. The molecule has 0 aromatic heterocycles. The summed E-state index contributed by atoms with van der Waals surface area (Å²) in [5.41, 5.74) is 1.25. The van der Waals surface area contributed by atoms with Crippen LogP contribution in [0.3, 0.4) is 0 Å². The number of amides is 1. The minimum atomic E-state index is -1.22. The highest BCUT2D eigenvalue weighted by atomic mass is 16.4. The van der Waals surface area contributed by atoms with Crippen molar-refractivity contribution < 1.29 is 14.7 Å². The molecule has 1 rings (SSSR count). The summed E-state index contributed by atoms with van der Waals surface area (Å²) >= 11 is 0. The van der Waals surface area contributed by atoms with Gasteiger partial charge >= 0.3 is 5.97 Å². The molecule has 4 nitrogen and oxygen atoms in total. The van der Waals surface area contributed by atoms with Crippen LogP contribution in [0, 0.1) is 13.8 Å². The second-order valence-corrected chi connectivity index (χ2v) is 5.22. The summed E-state index contributed by atoms with van der Waals surface area (Å²) in [6.45, 7) is 7.25. The molecule has 1 amide bonds. The van der Waals surface area contributed by atoms with Crippen LogP contribution >= 0.6 is 0 Å². The number of hydrogen-bond donors (Lipinski definition) is 2. The molecule has 19 heavy (non-hydrogen) atoms. The van der Waals surface area contributed by atoms with Gasteiger partial charge in [-0.3, -0.25) is 4.79 Å². The summed E-state index contributed by atoms with van der Waals surface area (Å²) in [7, 11) is 0. The van der Waals surface area contributed by atoms with Crippen molar-refractivity contribution in [2.24, 2.45) is 0 Å². The molecule has 1 atom stereocenters. The van der Waals surface area contributed by atoms with Crippen molar-refractivity contribution in [2.45, 2.75) is 46.1 Å². The molecule has 0 aliphatic rings. The number of rotatable bonds is 5. The lowest BCUT2D eigenvalue weighted by Gasteiger charge is -2.25. The third-order valence-corrected chi connectivity index (χ3v) is 3.10. The van der Waals surface area contributed by atoms with Gasteiger partial charge in [-0.1, -0.05) is 30.5 Å². The molecule has 0 fully saturated rings. The predicted octanol–water partition coefficient (Wildman–Crippen LogP) is 2.68. The van der Waals surface area contributed by atoms with Gasteiger partial charge in [0.05, 0.1) is 0 Å². The maximum Gasteiger partial charge on any atom is 0.329 e. The minimum Gasteiger partial charge on any atom is -0.480 e. The third kappa shape index (κ3) is 3.81. The van der Waals surface area contributed by atoms with Crippen LogP contribution in [0.25, 0.3) is 0 Å². The fourth-order valence-electron chi connectivity index (χ4n) is 2.15. The molecule has 0 radical (unpaired) electrons. The van der Waals surface area contributed by atoms with E-state index >= 15 is 0 Å². The first kappa shape index (κ1) is 15.2. The monoisotopic (exact) mass is 263 g/mol. The van der Waals surface area contributed by atoms with Crippen molar-refractivity contribution in [1.29, 1.82) is 0 Å². The lowest BCUT2D eigenvalue weighted by molar-refractivity contribution is -0.144. The van der Waals surface area contributed by atoms with E-state index in [1.807, 2.05) is 26.8 Å². The maximum absolute atomic E-state index is 12.2. The number of carboxylic acid groups (broad SMARTS) is 1. The molecule has 0 heterocycles. The van der Waals surface area contributed by atoms with E-state index < -0.39 is 11.5 Å². The Labute approximate surface area is 113 Å². The molecule has 0 aliphatic heterocycles. The summed E-state index contributed by atoms with van der Waals surface area (Å²) in [5.74, 6) is -1.35. The molecular weight excluding hydrogens is 242 g/mol. The van der Waals surface area contributed by atoms with Crippen LogP contribution in [0.2, 0.25) is 0 Å². The average molecular weight is 263 g/mol. The Morgan fingerprint density at radius 3 is 2.16 bits per heavy atom. The Kier molecular flexibility index (Phi) is 4.70. The van der Waals surface area contributed by atoms with E-state index in [2.05, 4.69) is 5.32 Å². The highest BCUT2D eigenvalue weighted by Crippen LogP contribution is 2.15. The minimum absolute atomic E-state index is 0.342. The van der Waals surface area contributed by atoms with Crippen molar-refractivity contribution in [3.8, 4) is 0 Å². The first-order chi connectivity index (χ1) is 8.78. The highest BCUT2D eigenvalue weighted by Gasteiger charge is 2.34. The van der Waals surface area contributed by atoms with Crippen LogP contribution in [0.1, 0.15) is 48.2 Å². The largest absolute Gasteiger partial charge is 0.480 e. The van der Waals surface area contributed by atoms with Gasteiger partial charge < -0.3 is 10.4 Å². The first-order valence-corrected chi connectivity index (χ1v) is 6.42. The van der Waals surface area contributed by atoms with Crippen molar-refractivity contribution in [2.75, 3.05) is 0 Å². The van der Waals surface area contributed by atoms with Crippen LogP contribution in [-0.2, 0) is 4.79 Å². The first-order valence-electron chi connectivity index (χ1n) is 6.42. The van der Waals surface area contributed by atoms with Gasteiger partial charge in [0.1, 0.15) is 5.54 Å². The maximum atomic E-state index is 12.2. The zero-order valence-electron chi connectivity index (χ0n) is 11.9. The highest BCUT2D eigenvalue weighted by molar-refractivity contribution is 5.98. The number of aliphatic carboxylic acids is 1. The van der Waals surface area contributed by atoms with E-state index in [-0.39, 0.29) is 5.91 Å². The Morgan fingerprint density at radius 2 is 1.74 bits per heavy atom. The predicted molar refractivity (Wildman–Crippen MR) is 74.3 cm³/mol. The van der Waals surface area contributed by atoms with E-state index in [1.54, 1.807) is 19.1 Å². The number of carbonyl (C=O) groups excluding carboxylic acids is 1. The van der Waals surface area contributed by atoms with Crippen LogP contribution in [0.4, 0.5) is 0 Å². The van der Waals surface area contributed by atoms with E-state index in [9.17, 15) is 14.7 Å². The fourth-order valence-corrected chi connectivity index (χ4v) is 2.15. The molecule has 1 aromatic carbocycles. The SMILES string of the molecule is CCCC(C)(NC(=O)c1cc(C)cc(C)c1)C(=O)O. The van der Waals surface area contributed by atoms with Gasteiger partial charge in [0, 0.05) is 5.56 Å². The lowest BCUT2D eigenvalue weighted by Crippen LogP contribution is -2.52. The van der Waals surface area contributed by atoms with Crippen LogP contribution in [0.5, 0.6) is 0 Å². The van der Waals surface area contributed by atoms with E-state index in [0.29, 0.717) is 18.4 Å². The van der Waals surface area contributed by atoms with Gasteiger partial charge in [0.2, 0.25) is 0 Å². The van der Waals surface area contributed by atoms with Crippen molar-refractivity contribution in [1.82, 2.24) is 5.32 Å². The molecule has 0 aliphatic carbocycles. The topological polar surface area (TPSA) is 66.4 Å². The zero-order valence-corrected chi connectivity index (χ0v) is 11.9. The summed E-state index contributed by atoms with van der Waals surface area (Å²) in [6.07, 6.45) is 1.09. The van der Waals surface area contributed by atoms with Gasteiger partial charge in [-0.05, 0) is 39.3 Å². The smallest absolute Gasteiger partial charge is 0.329 e. The van der Waals surface area contributed by atoms with Gasteiger partial charge in [-0.2, -0.15) is 0 Å². The number of nitrogens with one attached hydrogen (secondary N) is 1. The Balaban J connectivity index is 2.97. The molecule has 0 bridgehead atoms. The number of benzene rings is 1. The van der Waals surface area contributed by atoms with Gasteiger partial charge in [0.15, 0.2) is 0 Å². The van der Waals surface area contributed by atoms with Crippen molar-refractivity contribution in [3.63, 3.8) is 0 Å². The second-order valence-electron chi connectivity index (χ2n) is 5.22. The van der Waals surface area contributed by atoms with Crippen LogP contribution < -0.4 is 5.32 Å².